The number of rotatable bonds is 6. The molecule has 1 aromatic carbocycles. The van der Waals surface area contributed by atoms with Crippen molar-refractivity contribution in [3.8, 4) is 22.8 Å². The van der Waals surface area contributed by atoms with Gasteiger partial charge in [-0.25, -0.2) is 4.98 Å². The van der Waals surface area contributed by atoms with Gasteiger partial charge >= 0.3 is 0 Å². The molecule has 9 heteroatoms. The number of aromatic nitrogens is 2. The van der Waals surface area contributed by atoms with Crippen LogP contribution in [0.1, 0.15) is 23.2 Å². The Kier molecular flexibility index (Phi) is 6.22. The number of piperidine rings is 1. The molecule has 0 spiro atoms. The number of nitrogens with zero attached hydrogens (tertiary/aromatic N) is 2. The number of carbonyl (C=O) groups excluding carboxylic acids is 1. The summed E-state index contributed by atoms with van der Waals surface area (Å²) in [6.07, 6.45) is 1.48. The Balaban J connectivity index is 1.42. The summed E-state index contributed by atoms with van der Waals surface area (Å²) in [5.41, 5.74) is 1.86. The lowest BCUT2D eigenvalue weighted by Crippen LogP contribution is -2.42. The van der Waals surface area contributed by atoms with Gasteiger partial charge in [0.15, 0.2) is 0 Å². The summed E-state index contributed by atoms with van der Waals surface area (Å²) in [5.74, 6) is 1.51. The number of hydrogen-bond acceptors (Lipinski definition) is 7. The maximum absolute atomic E-state index is 13.0. The number of thiophene rings is 1. The first kappa shape index (κ1) is 20.9. The molecule has 3 aromatic rings. The monoisotopic (exact) mass is 440 g/mol. The second kappa shape index (κ2) is 9.22. The summed E-state index contributed by atoms with van der Waals surface area (Å²) in [5, 5.41) is 7.23. The summed E-state index contributed by atoms with van der Waals surface area (Å²) in [6.45, 7) is 1.18. The van der Waals surface area contributed by atoms with Gasteiger partial charge in [0.1, 0.15) is 11.5 Å². The van der Waals surface area contributed by atoms with Gasteiger partial charge in [-0.05, 0) is 42.5 Å². The van der Waals surface area contributed by atoms with Crippen LogP contribution in [0.5, 0.6) is 11.5 Å². The molecular formula is C22H24N4O4S. The van der Waals surface area contributed by atoms with Crippen LogP contribution in [0.3, 0.4) is 0 Å². The van der Waals surface area contributed by atoms with Crippen LogP contribution in [0.2, 0.25) is 0 Å². The first-order valence-corrected chi connectivity index (χ1v) is 10.9. The summed E-state index contributed by atoms with van der Waals surface area (Å²) in [4.78, 5) is 34.2. The fraction of sp³-hybridized carbons (Fsp3) is 0.318. The van der Waals surface area contributed by atoms with Crippen LogP contribution in [-0.4, -0.2) is 54.1 Å². The Morgan fingerprint density at radius 1 is 1.19 bits per heavy atom. The summed E-state index contributed by atoms with van der Waals surface area (Å²) >= 11 is 1.56. The van der Waals surface area contributed by atoms with Crippen LogP contribution in [0.25, 0.3) is 11.3 Å². The third-order valence-corrected chi connectivity index (χ3v) is 6.00. The van der Waals surface area contributed by atoms with Gasteiger partial charge in [0.05, 0.1) is 25.5 Å². The van der Waals surface area contributed by atoms with E-state index in [1.54, 1.807) is 43.8 Å². The van der Waals surface area contributed by atoms with Gasteiger partial charge in [0.2, 0.25) is 5.95 Å². The number of likely N-dealkylation sites (tertiary alicyclic amines) is 1. The number of aromatic amines is 1. The fourth-order valence-electron chi connectivity index (χ4n) is 3.66. The molecule has 4 rings (SSSR count). The van der Waals surface area contributed by atoms with Crippen molar-refractivity contribution in [1.82, 2.24) is 14.9 Å². The van der Waals surface area contributed by atoms with Crippen LogP contribution in [0.4, 0.5) is 5.95 Å². The van der Waals surface area contributed by atoms with Gasteiger partial charge in [-0.1, -0.05) is 0 Å². The van der Waals surface area contributed by atoms with Crippen molar-refractivity contribution in [2.75, 3.05) is 32.6 Å². The number of hydrogen-bond donors (Lipinski definition) is 2. The predicted molar refractivity (Wildman–Crippen MR) is 120 cm³/mol. The third kappa shape index (κ3) is 4.72. The fourth-order valence-corrected chi connectivity index (χ4v) is 4.31. The number of nitrogens with one attached hydrogen (secondary N) is 2. The average Bonchev–Trinajstić information content (AvgIpc) is 3.33. The third-order valence-electron chi connectivity index (χ3n) is 5.32. The normalized spacial score (nSPS) is 14.3. The van der Waals surface area contributed by atoms with Crippen molar-refractivity contribution in [2.45, 2.75) is 18.9 Å². The lowest BCUT2D eigenvalue weighted by molar-refractivity contribution is 0.0714. The topological polar surface area (TPSA) is 96.6 Å². The number of benzene rings is 1. The number of ether oxygens (including phenoxy) is 2. The highest BCUT2D eigenvalue weighted by Gasteiger charge is 2.26. The van der Waals surface area contributed by atoms with E-state index in [-0.39, 0.29) is 17.5 Å². The van der Waals surface area contributed by atoms with E-state index in [0.29, 0.717) is 41.8 Å². The van der Waals surface area contributed by atoms with E-state index in [1.807, 2.05) is 21.7 Å². The van der Waals surface area contributed by atoms with E-state index in [9.17, 15) is 9.59 Å². The smallest absolute Gasteiger partial charge is 0.257 e. The molecule has 0 bridgehead atoms. The minimum absolute atomic E-state index is 0.0832. The average molecular weight is 441 g/mol. The molecule has 31 heavy (non-hydrogen) atoms. The van der Waals surface area contributed by atoms with Gasteiger partial charge in [-0.15, -0.1) is 0 Å². The van der Waals surface area contributed by atoms with Gasteiger partial charge in [-0.3, -0.25) is 14.6 Å². The van der Waals surface area contributed by atoms with Crippen LogP contribution >= 0.6 is 11.3 Å². The zero-order chi connectivity index (χ0) is 21.8. The molecular weight excluding hydrogens is 416 g/mol. The highest BCUT2D eigenvalue weighted by atomic mass is 32.1. The first-order valence-electron chi connectivity index (χ1n) is 9.99. The Morgan fingerprint density at radius 2 is 2.00 bits per heavy atom. The van der Waals surface area contributed by atoms with Crippen LogP contribution < -0.4 is 20.3 Å². The van der Waals surface area contributed by atoms with E-state index in [1.165, 1.54) is 6.07 Å². The largest absolute Gasteiger partial charge is 0.497 e. The summed E-state index contributed by atoms with van der Waals surface area (Å²) in [6, 6.07) is 8.75. The summed E-state index contributed by atoms with van der Waals surface area (Å²) < 4.78 is 10.6. The van der Waals surface area contributed by atoms with Crippen molar-refractivity contribution in [1.29, 1.82) is 0 Å². The standard InChI is InChI=1S/C22H24N4O4S/c1-29-16-3-4-19(30-2)17(11-16)21(28)26-8-5-15(6-9-26)23-22-24-18(12-20(27)25-22)14-7-10-31-13-14/h3-4,7,10-13,15H,5-6,8-9H2,1-2H3,(H2,23,24,25,27). The van der Waals surface area contributed by atoms with Gasteiger partial charge < -0.3 is 19.7 Å². The summed E-state index contributed by atoms with van der Waals surface area (Å²) in [7, 11) is 3.12. The molecule has 0 unspecified atom stereocenters. The Labute approximate surface area is 183 Å². The molecule has 1 saturated heterocycles. The molecule has 162 valence electrons. The predicted octanol–water partition coefficient (Wildman–Crippen LogP) is 3.23. The van der Waals surface area contributed by atoms with Crippen LogP contribution in [0, 0.1) is 0 Å². The van der Waals surface area contributed by atoms with Crippen LogP contribution in [-0.2, 0) is 0 Å². The number of methoxy groups -OCH3 is 2. The zero-order valence-electron chi connectivity index (χ0n) is 17.4. The van der Waals surface area contributed by atoms with Gasteiger partial charge in [0, 0.05) is 36.1 Å². The lowest BCUT2D eigenvalue weighted by Gasteiger charge is -2.32. The number of amides is 1. The highest BCUT2D eigenvalue weighted by Crippen LogP contribution is 2.27. The molecule has 0 aliphatic carbocycles. The first-order chi connectivity index (χ1) is 15.1. The molecule has 2 aromatic heterocycles. The minimum atomic E-state index is -0.198. The number of anilines is 1. The molecule has 1 aliphatic heterocycles. The Morgan fingerprint density at radius 3 is 2.68 bits per heavy atom. The molecule has 1 fully saturated rings. The molecule has 2 N–H and O–H groups in total. The van der Waals surface area contributed by atoms with Crippen molar-refractivity contribution in [3.05, 3.63) is 57.0 Å². The maximum Gasteiger partial charge on any atom is 0.257 e. The molecule has 1 amide bonds. The highest BCUT2D eigenvalue weighted by molar-refractivity contribution is 7.08. The quantitative estimate of drug-likeness (QED) is 0.611. The van der Waals surface area contributed by atoms with E-state index < -0.39 is 0 Å². The number of carbonyl (C=O) groups is 1. The molecule has 0 atom stereocenters. The SMILES string of the molecule is COc1ccc(OC)c(C(=O)N2CCC(Nc3nc(-c4ccsc4)cc(=O)[nH]3)CC2)c1. The van der Waals surface area contributed by atoms with Crippen molar-refractivity contribution >= 4 is 23.2 Å². The van der Waals surface area contributed by atoms with Gasteiger partial charge in [0.25, 0.3) is 11.5 Å². The van der Waals surface area contributed by atoms with E-state index in [2.05, 4.69) is 15.3 Å². The lowest BCUT2D eigenvalue weighted by atomic mass is 10.0. The second-order valence-corrected chi connectivity index (χ2v) is 8.05. The number of H-pyrrole nitrogens is 1. The molecule has 0 saturated carbocycles. The zero-order valence-corrected chi connectivity index (χ0v) is 18.2. The maximum atomic E-state index is 13.0. The molecule has 1 aliphatic rings. The Hall–Kier alpha value is -3.33. The van der Waals surface area contributed by atoms with Crippen molar-refractivity contribution < 1.29 is 14.3 Å². The van der Waals surface area contributed by atoms with Gasteiger partial charge in [-0.2, -0.15) is 11.3 Å². The Bertz CT molecular complexity index is 1100. The van der Waals surface area contributed by atoms with E-state index in [0.717, 1.165) is 18.4 Å². The molecule has 8 nitrogen and oxygen atoms in total. The minimum Gasteiger partial charge on any atom is -0.497 e. The van der Waals surface area contributed by atoms with E-state index >= 15 is 0 Å². The molecule has 0 radical (unpaired) electrons. The molecule has 3 heterocycles. The van der Waals surface area contributed by atoms with E-state index in [4.69, 9.17) is 9.47 Å². The van der Waals surface area contributed by atoms with Crippen molar-refractivity contribution in [3.63, 3.8) is 0 Å². The second-order valence-electron chi connectivity index (χ2n) is 7.27. The van der Waals surface area contributed by atoms with Crippen LogP contribution in [0.15, 0.2) is 45.9 Å². The van der Waals surface area contributed by atoms with Crippen molar-refractivity contribution in [2.24, 2.45) is 0 Å².